The molecule has 1 amide bonds. The molecule has 144 valence electrons. The lowest BCUT2D eigenvalue weighted by Gasteiger charge is -2.31. The maximum atomic E-state index is 12.0. The predicted octanol–water partition coefficient (Wildman–Crippen LogP) is 0.282. The lowest BCUT2D eigenvalue weighted by Crippen LogP contribution is -2.50. The maximum absolute atomic E-state index is 12.0. The molecule has 9 heteroatoms. The van der Waals surface area contributed by atoms with Gasteiger partial charge in [0.2, 0.25) is 0 Å². The molecule has 1 saturated heterocycles. The number of nitrogens with two attached hydrogens (primary N) is 2. The SMILES string of the molecule is CC(C)/N=C(\C=C(/NN)N1CCOCC1)C(N)NC(=O)OC(C)(C)C. The summed E-state index contributed by atoms with van der Waals surface area (Å²) >= 11 is 0. The number of hydrazine groups is 1. The third-order valence-corrected chi connectivity index (χ3v) is 3.18. The van der Waals surface area contributed by atoms with Crippen molar-refractivity contribution in [3.63, 3.8) is 0 Å². The molecule has 1 fully saturated rings. The second-order valence-corrected chi connectivity index (χ2v) is 7.04. The van der Waals surface area contributed by atoms with Crippen LogP contribution < -0.4 is 22.3 Å². The van der Waals surface area contributed by atoms with E-state index >= 15 is 0 Å². The second kappa shape index (κ2) is 9.59. The molecule has 0 spiro atoms. The molecule has 1 atom stereocenters. The Kier molecular flexibility index (Phi) is 8.14. The molecule has 0 radical (unpaired) electrons. The van der Waals surface area contributed by atoms with Gasteiger partial charge in [-0.1, -0.05) is 0 Å². The van der Waals surface area contributed by atoms with Gasteiger partial charge < -0.3 is 30.8 Å². The molecule has 0 aromatic heterocycles. The largest absolute Gasteiger partial charge is 0.444 e. The Labute approximate surface area is 149 Å². The van der Waals surface area contributed by atoms with E-state index in [9.17, 15) is 4.79 Å². The molecule has 0 aromatic rings. The van der Waals surface area contributed by atoms with Gasteiger partial charge in [-0.05, 0) is 34.6 Å². The van der Waals surface area contributed by atoms with Gasteiger partial charge in [-0.15, -0.1) is 0 Å². The Morgan fingerprint density at radius 2 is 1.92 bits per heavy atom. The van der Waals surface area contributed by atoms with E-state index in [1.807, 2.05) is 18.7 Å². The molecule has 1 rings (SSSR count). The topological polar surface area (TPSA) is 127 Å². The minimum Gasteiger partial charge on any atom is -0.444 e. The number of nitrogens with zero attached hydrogens (tertiary/aromatic N) is 2. The molecule has 9 nitrogen and oxygen atoms in total. The third-order valence-electron chi connectivity index (χ3n) is 3.18. The van der Waals surface area contributed by atoms with Crippen LogP contribution in [0, 0.1) is 0 Å². The molecule has 1 aliphatic rings. The zero-order valence-corrected chi connectivity index (χ0v) is 15.8. The van der Waals surface area contributed by atoms with Crippen molar-refractivity contribution in [2.45, 2.75) is 52.4 Å². The molecule has 0 aliphatic carbocycles. The monoisotopic (exact) mass is 356 g/mol. The van der Waals surface area contributed by atoms with E-state index in [0.29, 0.717) is 37.8 Å². The van der Waals surface area contributed by atoms with Gasteiger partial charge in [0, 0.05) is 25.2 Å². The number of hydrogen-bond acceptors (Lipinski definition) is 8. The number of morpholine rings is 1. The highest BCUT2D eigenvalue weighted by Gasteiger charge is 2.21. The number of nitrogens with one attached hydrogen (secondary N) is 2. The average Bonchev–Trinajstić information content (AvgIpc) is 2.49. The van der Waals surface area contributed by atoms with Crippen LogP contribution in [0.2, 0.25) is 0 Å². The average molecular weight is 356 g/mol. The van der Waals surface area contributed by atoms with Crippen molar-refractivity contribution in [3.05, 3.63) is 11.9 Å². The summed E-state index contributed by atoms with van der Waals surface area (Å²) in [6.45, 7) is 11.9. The molecule has 0 saturated carbocycles. The van der Waals surface area contributed by atoms with Crippen LogP contribution in [0.5, 0.6) is 0 Å². The van der Waals surface area contributed by atoms with Gasteiger partial charge in [-0.2, -0.15) is 0 Å². The van der Waals surface area contributed by atoms with Crippen molar-refractivity contribution < 1.29 is 14.3 Å². The highest BCUT2D eigenvalue weighted by molar-refractivity contribution is 6.00. The summed E-state index contributed by atoms with van der Waals surface area (Å²) < 4.78 is 10.6. The minimum absolute atomic E-state index is 0.00134. The Morgan fingerprint density at radius 1 is 1.32 bits per heavy atom. The van der Waals surface area contributed by atoms with Crippen molar-refractivity contribution in [2.75, 3.05) is 26.3 Å². The molecule has 1 unspecified atom stereocenters. The van der Waals surface area contributed by atoms with E-state index in [4.69, 9.17) is 21.1 Å². The number of aliphatic imine (C=N–C) groups is 1. The fraction of sp³-hybridized carbons (Fsp3) is 0.750. The van der Waals surface area contributed by atoms with Crippen LogP contribution in [-0.2, 0) is 9.47 Å². The van der Waals surface area contributed by atoms with Crippen molar-refractivity contribution in [1.29, 1.82) is 0 Å². The number of amides is 1. The molecule has 6 N–H and O–H groups in total. The summed E-state index contributed by atoms with van der Waals surface area (Å²) in [4.78, 5) is 18.5. The van der Waals surface area contributed by atoms with Crippen LogP contribution in [-0.4, -0.2) is 60.8 Å². The molecule has 1 heterocycles. The van der Waals surface area contributed by atoms with Crippen molar-refractivity contribution in [3.8, 4) is 0 Å². The number of carbonyl (C=O) groups is 1. The van der Waals surface area contributed by atoms with Crippen LogP contribution in [0.25, 0.3) is 0 Å². The first-order chi connectivity index (χ1) is 11.6. The van der Waals surface area contributed by atoms with Gasteiger partial charge in [-0.3, -0.25) is 4.99 Å². The minimum atomic E-state index is -0.818. The van der Waals surface area contributed by atoms with Gasteiger partial charge in [0.15, 0.2) is 0 Å². The van der Waals surface area contributed by atoms with E-state index in [1.54, 1.807) is 26.8 Å². The standard InChI is InChI=1S/C16H32N6O3/c1-11(2)19-12(14(17)20-15(23)25-16(3,4)5)10-13(21-18)22-6-8-24-9-7-22/h10-11,14,21H,6-9,17-18H2,1-5H3,(H,20,23)/b13-10+,19-12+. The van der Waals surface area contributed by atoms with Crippen molar-refractivity contribution >= 4 is 11.8 Å². The third kappa shape index (κ3) is 8.19. The van der Waals surface area contributed by atoms with Gasteiger partial charge in [0.1, 0.15) is 17.6 Å². The maximum Gasteiger partial charge on any atom is 0.409 e. The van der Waals surface area contributed by atoms with Gasteiger partial charge in [-0.25, -0.2) is 10.6 Å². The van der Waals surface area contributed by atoms with Gasteiger partial charge in [0.25, 0.3) is 0 Å². The molecule has 0 bridgehead atoms. The van der Waals surface area contributed by atoms with E-state index in [-0.39, 0.29) is 6.04 Å². The lowest BCUT2D eigenvalue weighted by atomic mass is 10.2. The Morgan fingerprint density at radius 3 is 2.40 bits per heavy atom. The first-order valence-electron chi connectivity index (χ1n) is 8.46. The fourth-order valence-corrected chi connectivity index (χ4v) is 2.18. The number of carbonyl (C=O) groups excluding carboxylic acids is 1. The summed E-state index contributed by atoms with van der Waals surface area (Å²) in [5.74, 6) is 6.33. The molecular weight excluding hydrogens is 324 g/mol. The van der Waals surface area contributed by atoms with E-state index < -0.39 is 17.9 Å². The Balaban J connectivity index is 2.91. The molecular formula is C16H32N6O3. The molecule has 25 heavy (non-hydrogen) atoms. The Bertz CT molecular complexity index is 493. The van der Waals surface area contributed by atoms with Gasteiger partial charge >= 0.3 is 6.09 Å². The summed E-state index contributed by atoms with van der Waals surface area (Å²) in [6, 6.07) is 0.00134. The normalized spacial score (nSPS) is 18.2. The summed E-state index contributed by atoms with van der Waals surface area (Å²) in [6.07, 6.45) is 0.327. The zero-order valence-electron chi connectivity index (χ0n) is 15.8. The predicted molar refractivity (Wildman–Crippen MR) is 97.7 cm³/mol. The smallest absolute Gasteiger partial charge is 0.409 e. The summed E-state index contributed by atoms with van der Waals surface area (Å²) in [5.41, 5.74) is 8.69. The summed E-state index contributed by atoms with van der Waals surface area (Å²) in [5, 5.41) is 2.60. The van der Waals surface area contributed by atoms with Crippen molar-refractivity contribution in [2.24, 2.45) is 16.6 Å². The van der Waals surface area contributed by atoms with E-state index in [2.05, 4.69) is 15.7 Å². The summed E-state index contributed by atoms with van der Waals surface area (Å²) in [7, 11) is 0. The van der Waals surface area contributed by atoms with Crippen LogP contribution in [0.15, 0.2) is 16.9 Å². The lowest BCUT2D eigenvalue weighted by molar-refractivity contribution is 0.0504. The molecule has 1 aliphatic heterocycles. The zero-order chi connectivity index (χ0) is 19.0. The van der Waals surface area contributed by atoms with Gasteiger partial charge in [0.05, 0.1) is 18.9 Å². The van der Waals surface area contributed by atoms with Crippen LogP contribution >= 0.6 is 0 Å². The Hall–Kier alpha value is -1.84. The quantitative estimate of drug-likeness (QED) is 0.233. The second-order valence-electron chi connectivity index (χ2n) is 7.04. The number of rotatable bonds is 6. The first kappa shape index (κ1) is 21.2. The number of ether oxygens (including phenoxy) is 2. The highest BCUT2D eigenvalue weighted by atomic mass is 16.6. The molecule has 0 aromatic carbocycles. The van der Waals surface area contributed by atoms with E-state index in [1.165, 1.54) is 0 Å². The van der Waals surface area contributed by atoms with Crippen LogP contribution in [0.1, 0.15) is 34.6 Å². The number of alkyl carbamates (subject to hydrolysis) is 1. The fourth-order valence-electron chi connectivity index (χ4n) is 2.18. The van der Waals surface area contributed by atoms with E-state index in [0.717, 1.165) is 0 Å². The van der Waals surface area contributed by atoms with Crippen LogP contribution in [0.4, 0.5) is 4.79 Å². The van der Waals surface area contributed by atoms with Crippen molar-refractivity contribution in [1.82, 2.24) is 15.6 Å². The highest BCUT2D eigenvalue weighted by Crippen LogP contribution is 2.08. The number of hydrogen-bond donors (Lipinski definition) is 4. The van der Waals surface area contributed by atoms with Crippen LogP contribution in [0.3, 0.4) is 0 Å². The first-order valence-corrected chi connectivity index (χ1v) is 8.46.